The summed E-state index contributed by atoms with van der Waals surface area (Å²) in [5, 5.41) is 7.78. The number of amides is 2. The standard InChI is InChI=1S/C23H26N4O3S/c1-13-6-7-15-14(10-13)11-19(24-15)21(28)25-16-4-2-3-5-17(16)26-22(29)23-27-18-8-9-30-12-20(18)31-23/h6-7,10-11,16-17,24H,2-5,8-9,12H2,1H3,(H,25,28)(H,26,29)/t16-,17+/m0/s1. The summed E-state index contributed by atoms with van der Waals surface area (Å²) in [7, 11) is 0. The first-order valence-corrected chi connectivity index (χ1v) is 11.7. The second kappa shape index (κ2) is 8.43. The highest BCUT2D eigenvalue weighted by molar-refractivity contribution is 7.13. The number of carbonyl (C=O) groups is 2. The molecule has 0 spiro atoms. The average Bonchev–Trinajstić information content (AvgIpc) is 3.39. The second-order valence-electron chi connectivity index (χ2n) is 8.41. The average molecular weight is 439 g/mol. The molecule has 3 aromatic rings. The molecule has 1 saturated carbocycles. The van der Waals surface area contributed by atoms with Crippen molar-refractivity contribution in [2.75, 3.05) is 6.61 Å². The largest absolute Gasteiger partial charge is 0.375 e. The van der Waals surface area contributed by atoms with Crippen molar-refractivity contribution in [3.63, 3.8) is 0 Å². The molecular weight excluding hydrogens is 412 g/mol. The van der Waals surface area contributed by atoms with Gasteiger partial charge >= 0.3 is 0 Å². The lowest BCUT2D eigenvalue weighted by Crippen LogP contribution is -2.53. The number of benzene rings is 1. The summed E-state index contributed by atoms with van der Waals surface area (Å²) in [5.41, 5.74) is 3.62. The van der Waals surface area contributed by atoms with Crippen LogP contribution in [0.1, 0.15) is 62.1 Å². The molecule has 1 aliphatic heterocycles. The van der Waals surface area contributed by atoms with Crippen LogP contribution in [0.15, 0.2) is 24.3 Å². The smallest absolute Gasteiger partial charge is 0.280 e. The fourth-order valence-electron chi connectivity index (χ4n) is 4.45. The van der Waals surface area contributed by atoms with E-state index in [9.17, 15) is 9.59 Å². The molecule has 5 rings (SSSR count). The Morgan fingerprint density at radius 1 is 1.13 bits per heavy atom. The van der Waals surface area contributed by atoms with E-state index < -0.39 is 0 Å². The summed E-state index contributed by atoms with van der Waals surface area (Å²) in [5.74, 6) is -0.298. The molecule has 1 fully saturated rings. The Kier molecular flexibility index (Phi) is 5.50. The number of nitrogens with zero attached hydrogens (tertiary/aromatic N) is 1. The molecule has 0 unspecified atom stereocenters. The molecule has 2 aliphatic rings. The maximum Gasteiger partial charge on any atom is 0.280 e. The normalized spacial score (nSPS) is 20.9. The van der Waals surface area contributed by atoms with Gasteiger partial charge in [-0.25, -0.2) is 4.98 Å². The molecule has 3 N–H and O–H groups in total. The van der Waals surface area contributed by atoms with E-state index in [2.05, 4.69) is 26.7 Å². The zero-order valence-electron chi connectivity index (χ0n) is 17.5. The van der Waals surface area contributed by atoms with Crippen LogP contribution in [0.3, 0.4) is 0 Å². The molecule has 8 heteroatoms. The predicted molar refractivity (Wildman–Crippen MR) is 119 cm³/mol. The number of thiazole rings is 1. The molecular formula is C23H26N4O3S. The minimum absolute atomic E-state index is 0.101. The summed E-state index contributed by atoms with van der Waals surface area (Å²) in [6.07, 6.45) is 4.51. The first-order chi connectivity index (χ1) is 15.1. The third kappa shape index (κ3) is 4.22. The summed E-state index contributed by atoms with van der Waals surface area (Å²) in [4.78, 5) is 34.5. The van der Waals surface area contributed by atoms with Crippen LogP contribution in [0.4, 0.5) is 0 Å². The predicted octanol–water partition coefficient (Wildman–Crippen LogP) is 3.48. The van der Waals surface area contributed by atoms with Gasteiger partial charge in [0.05, 0.1) is 23.8 Å². The van der Waals surface area contributed by atoms with E-state index in [0.717, 1.165) is 59.1 Å². The highest BCUT2D eigenvalue weighted by Gasteiger charge is 2.30. The van der Waals surface area contributed by atoms with Crippen LogP contribution < -0.4 is 10.6 Å². The van der Waals surface area contributed by atoms with E-state index in [1.165, 1.54) is 11.3 Å². The molecule has 3 heterocycles. The van der Waals surface area contributed by atoms with Gasteiger partial charge < -0.3 is 20.4 Å². The fourth-order valence-corrected chi connectivity index (χ4v) is 5.40. The number of aromatic nitrogens is 2. The van der Waals surface area contributed by atoms with Gasteiger partial charge in [0.25, 0.3) is 11.8 Å². The number of H-pyrrole nitrogens is 1. The topological polar surface area (TPSA) is 96.1 Å². The summed E-state index contributed by atoms with van der Waals surface area (Å²) in [6.45, 7) is 3.22. The van der Waals surface area contributed by atoms with Gasteiger partial charge in [0.2, 0.25) is 0 Å². The minimum Gasteiger partial charge on any atom is -0.375 e. The second-order valence-corrected chi connectivity index (χ2v) is 9.49. The lowest BCUT2D eigenvalue weighted by atomic mass is 9.90. The van der Waals surface area contributed by atoms with Crippen LogP contribution in [0, 0.1) is 6.92 Å². The Labute approximate surface area is 184 Å². The third-order valence-electron chi connectivity index (χ3n) is 6.11. The molecule has 31 heavy (non-hydrogen) atoms. The molecule has 2 amide bonds. The first-order valence-electron chi connectivity index (χ1n) is 10.8. The Morgan fingerprint density at radius 2 is 1.90 bits per heavy atom. The molecule has 7 nitrogen and oxygen atoms in total. The monoisotopic (exact) mass is 438 g/mol. The number of hydrogen-bond donors (Lipinski definition) is 3. The Hall–Kier alpha value is -2.71. The van der Waals surface area contributed by atoms with Crippen LogP contribution in [0.2, 0.25) is 0 Å². The van der Waals surface area contributed by atoms with Gasteiger partial charge in [0.15, 0.2) is 5.01 Å². The van der Waals surface area contributed by atoms with E-state index in [-0.39, 0.29) is 23.9 Å². The number of rotatable bonds is 4. The number of nitrogens with one attached hydrogen (secondary N) is 3. The Balaban J connectivity index is 1.28. The van der Waals surface area contributed by atoms with E-state index >= 15 is 0 Å². The molecule has 1 aromatic carbocycles. The zero-order chi connectivity index (χ0) is 21.4. The van der Waals surface area contributed by atoms with Crippen molar-refractivity contribution in [3.05, 3.63) is 51.1 Å². The number of aryl methyl sites for hydroxylation is 1. The summed E-state index contributed by atoms with van der Waals surface area (Å²) >= 11 is 1.41. The summed E-state index contributed by atoms with van der Waals surface area (Å²) < 4.78 is 5.46. The number of hydrogen-bond acceptors (Lipinski definition) is 5. The number of fused-ring (bicyclic) bond motifs is 2. The van der Waals surface area contributed by atoms with Crippen LogP contribution in [-0.4, -0.2) is 40.5 Å². The van der Waals surface area contributed by atoms with Crippen molar-refractivity contribution >= 4 is 34.1 Å². The van der Waals surface area contributed by atoms with Crippen molar-refractivity contribution in [1.29, 1.82) is 0 Å². The molecule has 0 bridgehead atoms. The van der Waals surface area contributed by atoms with E-state index in [1.807, 2.05) is 25.1 Å². The van der Waals surface area contributed by atoms with Crippen molar-refractivity contribution in [1.82, 2.24) is 20.6 Å². The fraction of sp³-hybridized carbons (Fsp3) is 0.435. The van der Waals surface area contributed by atoms with E-state index in [1.54, 1.807) is 0 Å². The first kappa shape index (κ1) is 20.2. The van der Waals surface area contributed by atoms with Gasteiger partial charge in [-0.2, -0.15) is 0 Å². The lowest BCUT2D eigenvalue weighted by Gasteiger charge is -2.32. The van der Waals surface area contributed by atoms with Crippen molar-refractivity contribution in [2.24, 2.45) is 0 Å². The Morgan fingerprint density at radius 3 is 2.68 bits per heavy atom. The third-order valence-corrected chi connectivity index (χ3v) is 7.18. The molecule has 2 atom stereocenters. The van der Waals surface area contributed by atoms with Crippen LogP contribution in [0.5, 0.6) is 0 Å². The van der Waals surface area contributed by atoms with Crippen molar-refractivity contribution < 1.29 is 14.3 Å². The minimum atomic E-state index is -0.161. The Bertz CT molecular complexity index is 1110. The summed E-state index contributed by atoms with van der Waals surface area (Å²) in [6, 6.07) is 7.76. The SMILES string of the molecule is Cc1ccc2[nH]c(C(=O)N[C@H]3CCCC[C@H]3NC(=O)c3nc4c(s3)COCC4)cc2c1. The van der Waals surface area contributed by atoms with E-state index in [4.69, 9.17) is 4.74 Å². The molecule has 162 valence electrons. The number of ether oxygens (including phenoxy) is 1. The van der Waals surface area contributed by atoms with Gasteiger partial charge in [-0.1, -0.05) is 24.5 Å². The van der Waals surface area contributed by atoms with Gasteiger partial charge in [-0.3, -0.25) is 9.59 Å². The van der Waals surface area contributed by atoms with Crippen molar-refractivity contribution in [3.8, 4) is 0 Å². The zero-order valence-corrected chi connectivity index (χ0v) is 18.3. The quantitative estimate of drug-likeness (QED) is 0.581. The maximum atomic E-state index is 12.9. The van der Waals surface area contributed by atoms with Gasteiger partial charge in [-0.15, -0.1) is 11.3 Å². The highest BCUT2D eigenvalue weighted by Crippen LogP contribution is 2.25. The number of aromatic amines is 1. The van der Waals surface area contributed by atoms with Crippen LogP contribution in [0.25, 0.3) is 10.9 Å². The van der Waals surface area contributed by atoms with Gasteiger partial charge in [-0.05, 0) is 38.0 Å². The molecule has 2 aromatic heterocycles. The van der Waals surface area contributed by atoms with Gasteiger partial charge in [0.1, 0.15) is 5.69 Å². The lowest BCUT2D eigenvalue weighted by molar-refractivity contribution is 0.0860. The molecule has 0 radical (unpaired) electrons. The van der Waals surface area contributed by atoms with Crippen LogP contribution in [-0.2, 0) is 17.8 Å². The highest BCUT2D eigenvalue weighted by atomic mass is 32.1. The van der Waals surface area contributed by atoms with E-state index in [0.29, 0.717) is 23.9 Å². The molecule has 0 saturated heterocycles. The molecule has 1 aliphatic carbocycles. The van der Waals surface area contributed by atoms with Gasteiger partial charge in [0, 0.05) is 29.4 Å². The number of carbonyl (C=O) groups excluding carboxylic acids is 2. The van der Waals surface area contributed by atoms with Crippen LogP contribution >= 0.6 is 11.3 Å². The maximum absolute atomic E-state index is 12.9. The van der Waals surface area contributed by atoms with Crippen molar-refractivity contribution in [2.45, 2.75) is 57.7 Å².